The maximum atomic E-state index is 4.16. The van der Waals surface area contributed by atoms with Crippen LogP contribution in [-0.2, 0) is 12.8 Å². The van der Waals surface area contributed by atoms with Gasteiger partial charge in [-0.1, -0.05) is 12.2 Å². The summed E-state index contributed by atoms with van der Waals surface area (Å²) in [7, 11) is 0. The van der Waals surface area contributed by atoms with E-state index in [-0.39, 0.29) is 0 Å². The Morgan fingerprint density at radius 1 is 1.22 bits per heavy atom. The Hall–Kier alpha value is -1.09. The predicted octanol–water partition coefficient (Wildman–Crippen LogP) is 2.21. The van der Waals surface area contributed by atoms with E-state index in [4.69, 9.17) is 0 Å². The highest BCUT2D eigenvalue weighted by atomic mass is 15.1. The van der Waals surface area contributed by atoms with Crippen molar-refractivity contribution in [3.63, 3.8) is 0 Å². The van der Waals surface area contributed by atoms with Crippen molar-refractivity contribution >= 4 is 0 Å². The molecule has 4 atom stereocenters. The summed E-state index contributed by atoms with van der Waals surface area (Å²) >= 11 is 0. The van der Waals surface area contributed by atoms with E-state index in [0.717, 1.165) is 24.3 Å². The molecule has 96 valence electrons. The maximum absolute atomic E-state index is 4.16. The highest BCUT2D eigenvalue weighted by molar-refractivity contribution is 5.21. The molecule has 0 spiro atoms. The molecule has 1 aromatic heterocycles. The number of nitrogens with zero attached hydrogens (tertiary/aromatic N) is 1. The molecule has 1 fully saturated rings. The van der Waals surface area contributed by atoms with E-state index in [9.17, 15) is 0 Å². The van der Waals surface area contributed by atoms with Crippen LogP contribution < -0.4 is 5.32 Å². The highest BCUT2D eigenvalue weighted by Gasteiger charge is 2.33. The van der Waals surface area contributed by atoms with E-state index in [1.165, 1.54) is 43.4 Å². The second-order valence-corrected chi connectivity index (χ2v) is 6.21. The number of allylic oxidation sites excluding steroid dienone is 1. The Morgan fingerprint density at radius 2 is 2.22 bits per heavy atom. The lowest BCUT2D eigenvalue weighted by molar-refractivity contribution is 0.221. The van der Waals surface area contributed by atoms with Gasteiger partial charge >= 0.3 is 0 Å². The van der Waals surface area contributed by atoms with Crippen molar-refractivity contribution in [3.8, 4) is 0 Å². The summed E-state index contributed by atoms with van der Waals surface area (Å²) in [5.74, 6) is 1.64. The third-order valence-corrected chi connectivity index (χ3v) is 5.04. The molecule has 4 aliphatic rings. The molecule has 0 aliphatic heterocycles. The summed E-state index contributed by atoms with van der Waals surface area (Å²) in [6, 6.07) is 1.37. The first-order chi connectivity index (χ1) is 8.88. The molecular formula is C15H21N3. The average Bonchev–Trinajstić information content (AvgIpc) is 2.87. The van der Waals surface area contributed by atoms with Gasteiger partial charge < -0.3 is 5.32 Å². The van der Waals surface area contributed by atoms with Crippen LogP contribution in [0.2, 0.25) is 0 Å². The molecule has 1 saturated carbocycles. The third-order valence-electron chi connectivity index (χ3n) is 5.04. The van der Waals surface area contributed by atoms with Crippen LogP contribution in [0.3, 0.4) is 0 Å². The number of H-pyrrole nitrogens is 1. The molecule has 1 heterocycles. The smallest absolute Gasteiger partial charge is 0.0522 e. The SMILES string of the molecule is C1=C[C@@H]2CC[C@H]1CC2NC1CCc2cn[nH]c2C1. The third kappa shape index (κ3) is 1.81. The number of nitrogens with one attached hydrogen (secondary N) is 2. The van der Waals surface area contributed by atoms with Gasteiger partial charge in [0.05, 0.1) is 6.20 Å². The maximum Gasteiger partial charge on any atom is 0.0522 e. The number of fused-ring (bicyclic) bond motifs is 3. The van der Waals surface area contributed by atoms with Gasteiger partial charge in [-0.25, -0.2) is 0 Å². The Bertz CT molecular complexity index is 462. The van der Waals surface area contributed by atoms with Crippen molar-refractivity contribution < 1.29 is 0 Å². The lowest BCUT2D eigenvalue weighted by Gasteiger charge is -2.41. The Balaban J connectivity index is 1.43. The van der Waals surface area contributed by atoms with Crippen LogP contribution in [-0.4, -0.2) is 22.3 Å². The van der Waals surface area contributed by atoms with Crippen LogP contribution in [0.4, 0.5) is 0 Å². The second kappa shape index (κ2) is 4.23. The molecule has 5 rings (SSSR count). The molecule has 2 bridgehead atoms. The van der Waals surface area contributed by atoms with Crippen LogP contribution in [0.25, 0.3) is 0 Å². The quantitative estimate of drug-likeness (QED) is 0.782. The van der Waals surface area contributed by atoms with Crippen LogP contribution in [0.1, 0.15) is 36.9 Å². The fourth-order valence-corrected chi connectivity index (χ4v) is 3.98. The second-order valence-electron chi connectivity index (χ2n) is 6.21. The number of aromatic amines is 1. The Morgan fingerprint density at radius 3 is 3.00 bits per heavy atom. The molecule has 3 heteroatoms. The van der Waals surface area contributed by atoms with Gasteiger partial charge in [0, 0.05) is 24.2 Å². The molecule has 0 aromatic carbocycles. The number of aryl methyl sites for hydroxylation is 1. The van der Waals surface area contributed by atoms with E-state index in [1.54, 1.807) is 0 Å². The largest absolute Gasteiger partial charge is 0.310 e. The summed E-state index contributed by atoms with van der Waals surface area (Å²) in [5, 5.41) is 11.2. The van der Waals surface area contributed by atoms with Crippen LogP contribution in [0.15, 0.2) is 18.3 Å². The first kappa shape index (κ1) is 10.8. The first-order valence-corrected chi connectivity index (χ1v) is 7.34. The van der Waals surface area contributed by atoms with Gasteiger partial charge in [0.15, 0.2) is 0 Å². The van der Waals surface area contributed by atoms with E-state index in [2.05, 4.69) is 27.7 Å². The summed E-state index contributed by atoms with van der Waals surface area (Å²) in [6.07, 6.45) is 14.6. The zero-order chi connectivity index (χ0) is 11.9. The first-order valence-electron chi connectivity index (χ1n) is 7.34. The van der Waals surface area contributed by atoms with E-state index < -0.39 is 0 Å². The number of hydrogen-bond donors (Lipinski definition) is 2. The van der Waals surface area contributed by atoms with E-state index >= 15 is 0 Å². The molecule has 3 nitrogen and oxygen atoms in total. The molecular weight excluding hydrogens is 222 g/mol. The van der Waals surface area contributed by atoms with Crippen molar-refractivity contribution in [1.29, 1.82) is 0 Å². The molecule has 0 radical (unpaired) electrons. The van der Waals surface area contributed by atoms with Gasteiger partial charge in [-0.3, -0.25) is 5.10 Å². The molecule has 0 saturated heterocycles. The fourth-order valence-electron chi connectivity index (χ4n) is 3.98. The summed E-state index contributed by atoms with van der Waals surface area (Å²) < 4.78 is 0. The van der Waals surface area contributed by atoms with Crippen molar-refractivity contribution in [3.05, 3.63) is 29.6 Å². The lowest BCUT2D eigenvalue weighted by atomic mass is 9.72. The summed E-state index contributed by atoms with van der Waals surface area (Å²) in [5.41, 5.74) is 2.79. The fraction of sp³-hybridized carbons (Fsp3) is 0.667. The van der Waals surface area contributed by atoms with E-state index in [1.807, 2.05) is 6.20 Å². The van der Waals surface area contributed by atoms with Crippen molar-refractivity contribution in [2.24, 2.45) is 11.8 Å². The van der Waals surface area contributed by atoms with Crippen LogP contribution in [0, 0.1) is 11.8 Å². The molecule has 4 aliphatic carbocycles. The molecule has 2 N–H and O–H groups in total. The number of aromatic nitrogens is 2. The van der Waals surface area contributed by atoms with Crippen LogP contribution in [0.5, 0.6) is 0 Å². The van der Waals surface area contributed by atoms with E-state index in [0.29, 0.717) is 6.04 Å². The molecule has 18 heavy (non-hydrogen) atoms. The minimum Gasteiger partial charge on any atom is -0.310 e. The molecule has 1 aromatic rings. The zero-order valence-electron chi connectivity index (χ0n) is 10.7. The van der Waals surface area contributed by atoms with Crippen molar-refractivity contribution in [2.75, 3.05) is 0 Å². The zero-order valence-corrected chi connectivity index (χ0v) is 10.7. The predicted molar refractivity (Wildman–Crippen MR) is 71.3 cm³/mol. The summed E-state index contributed by atoms with van der Waals surface area (Å²) in [4.78, 5) is 0. The number of hydrogen-bond acceptors (Lipinski definition) is 2. The van der Waals surface area contributed by atoms with Gasteiger partial charge in [0.1, 0.15) is 0 Å². The van der Waals surface area contributed by atoms with Gasteiger partial charge in [-0.05, 0) is 49.5 Å². The monoisotopic (exact) mass is 243 g/mol. The van der Waals surface area contributed by atoms with Crippen LogP contribution >= 0.6 is 0 Å². The number of rotatable bonds is 2. The van der Waals surface area contributed by atoms with Gasteiger partial charge in [0.25, 0.3) is 0 Å². The lowest BCUT2D eigenvalue weighted by Crippen LogP contribution is -2.48. The molecule has 0 amide bonds. The highest BCUT2D eigenvalue weighted by Crippen LogP contribution is 2.36. The standard InChI is InChI=1S/C15H21N3/c1-3-11-4-2-10(1)7-14(11)17-13-6-5-12-9-16-18-15(12)8-13/h1,3,9-11,13-14,17H,2,4-8H2,(H,16,18)/t10-,11+,13?,14?/m0/s1. The summed E-state index contributed by atoms with van der Waals surface area (Å²) in [6.45, 7) is 0. The van der Waals surface area contributed by atoms with Gasteiger partial charge in [0.2, 0.25) is 0 Å². The van der Waals surface area contributed by atoms with Gasteiger partial charge in [-0.15, -0.1) is 0 Å². The Labute approximate surface area is 108 Å². The van der Waals surface area contributed by atoms with Crippen molar-refractivity contribution in [1.82, 2.24) is 15.5 Å². The topological polar surface area (TPSA) is 40.7 Å². The van der Waals surface area contributed by atoms with Gasteiger partial charge in [-0.2, -0.15) is 5.10 Å². The Kier molecular flexibility index (Phi) is 2.54. The minimum atomic E-state index is 0.649. The average molecular weight is 243 g/mol. The normalized spacial score (nSPS) is 37.8. The van der Waals surface area contributed by atoms with Crippen molar-refractivity contribution in [2.45, 2.75) is 50.6 Å². The molecule has 2 unspecified atom stereocenters. The minimum absolute atomic E-state index is 0.649.